The van der Waals surface area contributed by atoms with E-state index in [1.54, 1.807) is 4.31 Å². The van der Waals surface area contributed by atoms with E-state index >= 15 is 0 Å². The van der Waals surface area contributed by atoms with Crippen LogP contribution in [0.3, 0.4) is 0 Å². The molecule has 174 valence electrons. The third-order valence-corrected chi connectivity index (χ3v) is 8.39. The number of carbonyl (C=O) groups excluding carboxylic acids is 1. The van der Waals surface area contributed by atoms with Crippen LogP contribution in [-0.4, -0.2) is 62.8 Å². The van der Waals surface area contributed by atoms with Gasteiger partial charge < -0.3 is 10.2 Å². The summed E-state index contributed by atoms with van der Waals surface area (Å²) >= 11 is 0. The average molecular weight is 450 g/mol. The average Bonchev–Trinajstić information content (AvgIpc) is 2.70. The number of nitrogens with one attached hydrogen (secondary N) is 1. The Morgan fingerprint density at radius 3 is 2.45 bits per heavy atom. The minimum absolute atomic E-state index is 0.0271. The molecule has 2 unspecified atom stereocenters. The fourth-order valence-electron chi connectivity index (χ4n) is 5.13. The smallest absolute Gasteiger partial charge is 0.223 e. The van der Waals surface area contributed by atoms with Gasteiger partial charge in [-0.2, -0.15) is 0 Å². The molecule has 2 fully saturated rings. The Bertz CT molecular complexity index is 824. The van der Waals surface area contributed by atoms with E-state index in [1.807, 2.05) is 31.2 Å². The molecular weight excluding hydrogens is 410 g/mol. The summed E-state index contributed by atoms with van der Waals surface area (Å²) in [6, 6.07) is 7.63. The van der Waals surface area contributed by atoms with Gasteiger partial charge in [0.2, 0.25) is 15.9 Å². The molecule has 0 radical (unpaired) electrons. The predicted octanol–water partition coefficient (Wildman–Crippen LogP) is 3.02. The lowest BCUT2D eigenvalue weighted by molar-refractivity contribution is -0.126. The molecule has 0 aliphatic carbocycles. The van der Waals surface area contributed by atoms with Crippen LogP contribution in [0.1, 0.15) is 50.7 Å². The highest BCUT2D eigenvalue weighted by Gasteiger charge is 2.31. The number of sulfonamides is 1. The molecule has 2 aliphatic rings. The van der Waals surface area contributed by atoms with E-state index in [1.165, 1.54) is 6.42 Å². The van der Waals surface area contributed by atoms with Gasteiger partial charge in [-0.15, -0.1) is 0 Å². The van der Waals surface area contributed by atoms with E-state index < -0.39 is 10.0 Å². The molecule has 1 aromatic carbocycles. The number of hydrogen-bond acceptors (Lipinski definition) is 4. The van der Waals surface area contributed by atoms with Crippen molar-refractivity contribution in [3.8, 4) is 0 Å². The van der Waals surface area contributed by atoms with Crippen molar-refractivity contribution in [2.45, 2.75) is 52.2 Å². The Balaban J connectivity index is 1.37. The molecule has 2 atom stereocenters. The van der Waals surface area contributed by atoms with Gasteiger partial charge in [-0.25, -0.2) is 12.7 Å². The number of likely N-dealkylation sites (tertiary alicyclic amines) is 1. The Labute approximate surface area is 188 Å². The highest BCUT2D eigenvalue weighted by atomic mass is 32.2. The maximum absolute atomic E-state index is 12.8. The van der Waals surface area contributed by atoms with Crippen LogP contribution in [0.5, 0.6) is 0 Å². The number of rotatable bonds is 8. The first-order chi connectivity index (χ1) is 14.7. The second kappa shape index (κ2) is 10.9. The van der Waals surface area contributed by atoms with Crippen molar-refractivity contribution in [1.29, 1.82) is 0 Å². The van der Waals surface area contributed by atoms with Crippen molar-refractivity contribution in [3.63, 3.8) is 0 Å². The van der Waals surface area contributed by atoms with Gasteiger partial charge in [-0.05, 0) is 56.6 Å². The first-order valence-corrected chi connectivity index (χ1v) is 13.4. The van der Waals surface area contributed by atoms with Crippen molar-refractivity contribution in [3.05, 3.63) is 35.4 Å². The summed E-state index contributed by atoms with van der Waals surface area (Å²) in [5.41, 5.74) is 1.88. The molecule has 7 heteroatoms. The highest BCUT2D eigenvalue weighted by molar-refractivity contribution is 7.88. The normalized spacial score (nSPS) is 24.2. The first kappa shape index (κ1) is 24.2. The summed E-state index contributed by atoms with van der Waals surface area (Å²) in [7, 11) is -3.35. The molecule has 3 rings (SSSR count). The number of nitrogens with zero attached hydrogens (tertiary/aromatic N) is 2. The zero-order chi connectivity index (χ0) is 22.4. The Morgan fingerprint density at radius 2 is 1.81 bits per heavy atom. The number of amides is 1. The molecular formula is C24H39N3O3S. The number of hydrogen-bond donors (Lipinski definition) is 1. The van der Waals surface area contributed by atoms with Crippen LogP contribution >= 0.6 is 0 Å². The third-order valence-electron chi connectivity index (χ3n) is 6.54. The maximum Gasteiger partial charge on any atom is 0.223 e. The van der Waals surface area contributed by atoms with E-state index in [4.69, 9.17) is 0 Å². The molecule has 0 spiro atoms. The van der Waals surface area contributed by atoms with E-state index in [-0.39, 0.29) is 17.6 Å². The van der Waals surface area contributed by atoms with Crippen LogP contribution in [0.2, 0.25) is 0 Å². The van der Waals surface area contributed by atoms with Crippen molar-refractivity contribution < 1.29 is 13.2 Å². The van der Waals surface area contributed by atoms with Crippen LogP contribution in [0.4, 0.5) is 0 Å². The number of benzene rings is 1. The van der Waals surface area contributed by atoms with Gasteiger partial charge in [0.05, 0.1) is 5.75 Å². The number of carbonyl (C=O) groups is 1. The molecule has 31 heavy (non-hydrogen) atoms. The first-order valence-electron chi connectivity index (χ1n) is 11.8. The van der Waals surface area contributed by atoms with Crippen LogP contribution in [0.25, 0.3) is 0 Å². The molecule has 2 saturated heterocycles. The molecule has 2 heterocycles. The van der Waals surface area contributed by atoms with E-state index in [0.29, 0.717) is 32.5 Å². The largest absolute Gasteiger partial charge is 0.356 e. The molecule has 0 aromatic heterocycles. The quantitative estimate of drug-likeness (QED) is 0.620. The number of aryl methyl sites for hydroxylation is 1. The minimum Gasteiger partial charge on any atom is -0.356 e. The van der Waals surface area contributed by atoms with Crippen molar-refractivity contribution in [1.82, 2.24) is 14.5 Å². The monoisotopic (exact) mass is 449 g/mol. The zero-order valence-electron chi connectivity index (χ0n) is 19.3. The van der Waals surface area contributed by atoms with Crippen molar-refractivity contribution in [2.75, 3.05) is 39.3 Å². The van der Waals surface area contributed by atoms with Gasteiger partial charge in [0.15, 0.2) is 0 Å². The van der Waals surface area contributed by atoms with Gasteiger partial charge >= 0.3 is 0 Å². The van der Waals surface area contributed by atoms with Gasteiger partial charge in [-0.1, -0.05) is 43.7 Å². The Morgan fingerprint density at radius 1 is 1.13 bits per heavy atom. The van der Waals surface area contributed by atoms with Crippen LogP contribution in [-0.2, 0) is 20.6 Å². The molecule has 1 aromatic rings. The fraction of sp³-hybridized carbons (Fsp3) is 0.708. The van der Waals surface area contributed by atoms with Gasteiger partial charge in [-0.3, -0.25) is 4.79 Å². The van der Waals surface area contributed by atoms with Gasteiger partial charge in [0.25, 0.3) is 0 Å². The van der Waals surface area contributed by atoms with Gasteiger partial charge in [0, 0.05) is 38.6 Å². The van der Waals surface area contributed by atoms with Crippen LogP contribution < -0.4 is 5.32 Å². The SMILES string of the molecule is Cc1cccc(CS(=O)(=O)N2CCC(C(=O)NCCCN3CC(C)CC(C)C3)CC2)c1. The predicted molar refractivity (Wildman–Crippen MR) is 125 cm³/mol. The van der Waals surface area contributed by atoms with Crippen molar-refractivity contribution in [2.24, 2.45) is 17.8 Å². The summed E-state index contributed by atoms with van der Waals surface area (Å²) in [5.74, 6) is 1.53. The van der Waals surface area contributed by atoms with Crippen molar-refractivity contribution >= 4 is 15.9 Å². The van der Waals surface area contributed by atoms with E-state index in [2.05, 4.69) is 24.1 Å². The van der Waals surface area contributed by atoms with Crippen LogP contribution in [0, 0.1) is 24.7 Å². The maximum atomic E-state index is 12.8. The molecule has 1 amide bonds. The summed E-state index contributed by atoms with van der Waals surface area (Å²) in [4.78, 5) is 15.1. The van der Waals surface area contributed by atoms with Crippen LogP contribution in [0.15, 0.2) is 24.3 Å². The van der Waals surface area contributed by atoms with E-state index in [9.17, 15) is 13.2 Å². The minimum atomic E-state index is -3.35. The Hall–Kier alpha value is -1.44. The summed E-state index contributed by atoms with van der Waals surface area (Å²) in [5, 5.41) is 3.08. The summed E-state index contributed by atoms with van der Waals surface area (Å²) in [6.07, 6.45) is 3.47. The molecule has 0 saturated carbocycles. The molecule has 1 N–H and O–H groups in total. The topological polar surface area (TPSA) is 69.7 Å². The summed E-state index contributed by atoms with van der Waals surface area (Å²) < 4.78 is 27.1. The fourth-order valence-corrected chi connectivity index (χ4v) is 6.68. The summed E-state index contributed by atoms with van der Waals surface area (Å²) in [6.45, 7) is 11.5. The lowest BCUT2D eigenvalue weighted by Crippen LogP contribution is -2.44. The zero-order valence-corrected chi connectivity index (χ0v) is 20.2. The lowest BCUT2D eigenvalue weighted by atomic mass is 9.92. The second-order valence-corrected chi connectivity index (χ2v) is 11.7. The number of piperidine rings is 2. The highest BCUT2D eigenvalue weighted by Crippen LogP contribution is 2.23. The Kier molecular flexibility index (Phi) is 8.53. The molecule has 2 aliphatic heterocycles. The van der Waals surface area contributed by atoms with E-state index in [0.717, 1.165) is 49.0 Å². The third kappa shape index (κ3) is 7.29. The van der Waals surface area contributed by atoms with Gasteiger partial charge in [0.1, 0.15) is 0 Å². The standard InChI is InChI=1S/C24H39N3O3S/c1-19-6-4-7-22(15-19)18-31(29,30)27-12-8-23(9-13-27)24(28)25-10-5-11-26-16-20(2)14-21(3)17-26/h4,6-7,15,20-21,23H,5,8-14,16-18H2,1-3H3,(H,25,28). The molecule has 0 bridgehead atoms. The lowest BCUT2D eigenvalue weighted by Gasteiger charge is -2.35. The molecule has 6 nitrogen and oxygen atoms in total. The second-order valence-electron chi connectivity index (χ2n) is 9.77.